The number of benzene rings is 1. The van der Waals surface area contributed by atoms with Crippen LogP contribution in [0.5, 0.6) is 0 Å². The van der Waals surface area contributed by atoms with Gasteiger partial charge in [-0.25, -0.2) is 4.68 Å². The quantitative estimate of drug-likeness (QED) is 0.618. The number of nitrogens with zero attached hydrogens (tertiary/aromatic N) is 3. The Morgan fingerprint density at radius 3 is 2.88 bits per heavy atom. The van der Waals surface area contributed by atoms with E-state index in [0.717, 1.165) is 15.9 Å². The molecule has 0 amide bonds. The van der Waals surface area contributed by atoms with E-state index in [4.69, 9.17) is 12.2 Å². The Hall–Kier alpha value is -1.59. The average Bonchev–Trinajstić information content (AvgIpc) is 2.98. The van der Waals surface area contributed by atoms with Crippen LogP contribution in [0.3, 0.4) is 0 Å². The molecule has 0 aliphatic rings. The molecule has 2 heterocycles. The van der Waals surface area contributed by atoms with Crippen molar-refractivity contribution in [3.63, 3.8) is 0 Å². The Labute approximate surface area is 101 Å². The fourth-order valence-electron chi connectivity index (χ4n) is 1.52. The van der Waals surface area contributed by atoms with E-state index in [1.165, 1.54) is 0 Å². The third kappa shape index (κ3) is 1.45. The van der Waals surface area contributed by atoms with Gasteiger partial charge in [0, 0.05) is 0 Å². The van der Waals surface area contributed by atoms with Crippen LogP contribution in [0.4, 0.5) is 0 Å². The van der Waals surface area contributed by atoms with Crippen molar-refractivity contribution < 1.29 is 0 Å². The lowest BCUT2D eigenvalue weighted by molar-refractivity contribution is 0.873. The zero-order valence-electron chi connectivity index (χ0n) is 8.20. The van der Waals surface area contributed by atoms with Crippen LogP contribution in [0, 0.1) is 0 Å². The summed E-state index contributed by atoms with van der Waals surface area (Å²) in [5.41, 5.74) is 1.81. The SMILES string of the molecule is S=C(c1cccs1)n1nnc2ccccc21. The van der Waals surface area contributed by atoms with Crippen molar-refractivity contribution in [2.75, 3.05) is 0 Å². The first kappa shape index (κ1) is 9.62. The standard InChI is InChI=1S/C11H7N3S2/c15-11(10-6-3-7-16-10)14-9-5-2-1-4-8(9)12-13-14/h1-7H. The number of hydrogen-bond acceptors (Lipinski definition) is 4. The smallest absolute Gasteiger partial charge is 0.147 e. The molecule has 0 bridgehead atoms. The molecule has 1 aromatic carbocycles. The van der Waals surface area contributed by atoms with Gasteiger partial charge in [-0.2, -0.15) is 0 Å². The summed E-state index contributed by atoms with van der Waals surface area (Å²) in [6.45, 7) is 0. The maximum absolute atomic E-state index is 5.39. The number of thiocarbonyl (C=S) groups is 1. The van der Waals surface area contributed by atoms with Crippen molar-refractivity contribution in [3.8, 4) is 0 Å². The van der Waals surface area contributed by atoms with Crippen molar-refractivity contribution in [1.29, 1.82) is 0 Å². The highest BCUT2D eigenvalue weighted by molar-refractivity contribution is 7.81. The molecular formula is C11H7N3S2. The highest BCUT2D eigenvalue weighted by atomic mass is 32.1. The normalized spacial score (nSPS) is 10.8. The Morgan fingerprint density at radius 1 is 1.19 bits per heavy atom. The Bertz CT molecular complexity index is 640. The van der Waals surface area contributed by atoms with Crippen LogP contribution >= 0.6 is 23.6 Å². The summed E-state index contributed by atoms with van der Waals surface area (Å²) in [6.07, 6.45) is 0. The van der Waals surface area contributed by atoms with Gasteiger partial charge in [0.25, 0.3) is 0 Å². The molecule has 0 N–H and O–H groups in total. The molecule has 3 nitrogen and oxygen atoms in total. The lowest BCUT2D eigenvalue weighted by Gasteiger charge is -2.00. The topological polar surface area (TPSA) is 30.7 Å². The molecule has 5 heteroatoms. The molecule has 3 aromatic rings. The number of aromatic nitrogens is 3. The molecule has 0 atom stereocenters. The van der Waals surface area contributed by atoms with E-state index in [1.807, 2.05) is 41.8 Å². The Balaban J connectivity index is 2.16. The second-order valence-corrected chi connectivity index (χ2v) is 4.61. The summed E-state index contributed by atoms with van der Waals surface area (Å²) in [6, 6.07) is 11.8. The highest BCUT2D eigenvalue weighted by Crippen LogP contribution is 2.15. The molecule has 0 aliphatic carbocycles. The van der Waals surface area contributed by atoms with Crippen LogP contribution < -0.4 is 0 Å². The summed E-state index contributed by atoms with van der Waals surface area (Å²) >= 11 is 7.00. The second-order valence-electron chi connectivity index (χ2n) is 3.27. The van der Waals surface area contributed by atoms with Crippen LogP contribution in [0.25, 0.3) is 11.0 Å². The molecule has 2 aromatic heterocycles. The van der Waals surface area contributed by atoms with Crippen LogP contribution in [0.15, 0.2) is 41.8 Å². The molecule has 0 saturated carbocycles. The lowest BCUT2D eigenvalue weighted by Crippen LogP contribution is -2.10. The minimum Gasteiger partial charge on any atom is -0.200 e. The van der Waals surface area contributed by atoms with E-state index < -0.39 is 0 Å². The first-order chi connectivity index (χ1) is 7.86. The van der Waals surface area contributed by atoms with E-state index >= 15 is 0 Å². The van der Waals surface area contributed by atoms with Crippen molar-refractivity contribution in [1.82, 2.24) is 15.0 Å². The predicted octanol–water partition coefficient (Wildman–Crippen LogP) is 2.72. The first-order valence-electron chi connectivity index (χ1n) is 4.75. The fraction of sp³-hybridized carbons (Fsp3) is 0. The molecule has 3 rings (SSSR count). The van der Waals surface area contributed by atoms with E-state index in [2.05, 4.69) is 10.3 Å². The van der Waals surface area contributed by atoms with Gasteiger partial charge in [0.2, 0.25) is 0 Å². The fourth-order valence-corrected chi connectivity index (χ4v) is 2.52. The molecule has 0 aliphatic heterocycles. The van der Waals surface area contributed by atoms with E-state index in [0.29, 0.717) is 4.99 Å². The summed E-state index contributed by atoms with van der Waals surface area (Å²) in [7, 11) is 0. The van der Waals surface area contributed by atoms with E-state index in [1.54, 1.807) is 16.0 Å². The van der Waals surface area contributed by atoms with Gasteiger partial charge >= 0.3 is 0 Å². The van der Waals surface area contributed by atoms with Gasteiger partial charge in [-0.1, -0.05) is 35.6 Å². The molecular weight excluding hydrogens is 238 g/mol. The van der Waals surface area contributed by atoms with E-state index in [-0.39, 0.29) is 0 Å². The minimum absolute atomic E-state index is 0.698. The van der Waals surface area contributed by atoms with Gasteiger partial charge in [0.15, 0.2) is 0 Å². The van der Waals surface area contributed by atoms with Crippen LogP contribution in [0.2, 0.25) is 0 Å². The monoisotopic (exact) mass is 245 g/mol. The zero-order chi connectivity index (χ0) is 11.0. The van der Waals surface area contributed by atoms with Gasteiger partial charge in [-0.05, 0) is 23.6 Å². The number of hydrogen-bond donors (Lipinski definition) is 0. The zero-order valence-corrected chi connectivity index (χ0v) is 9.83. The van der Waals surface area contributed by atoms with Crippen LogP contribution in [-0.2, 0) is 0 Å². The van der Waals surface area contributed by atoms with E-state index in [9.17, 15) is 0 Å². The molecule has 78 valence electrons. The number of fused-ring (bicyclic) bond motifs is 1. The van der Waals surface area contributed by atoms with Gasteiger partial charge in [-0.3, -0.25) is 0 Å². The maximum Gasteiger partial charge on any atom is 0.147 e. The van der Waals surface area contributed by atoms with Crippen molar-refractivity contribution in [2.24, 2.45) is 0 Å². The molecule has 0 radical (unpaired) electrons. The number of thiophene rings is 1. The molecule has 0 unspecified atom stereocenters. The van der Waals surface area contributed by atoms with Gasteiger partial charge in [-0.15, -0.1) is 16.4 Å². The maximum atomic E-state index is 5.39. The highest BCUT2D eigenvalue weighted by Gasteiger charge is 2.10. The first-order valence-corrected chi connectivity index (χ1v) is 6.04. The lowest BCUT2D eigenvalue weighted by atomic mass is 10.3. The number of rotatable bonds is 1. The predicted molar refractivity (Wildman–Crippen MR) is 68.9 cm³/mol. The summed E-state index contributed by atoms with van der Waals surface area (Å²) in [5.74, 6) is 0. The van der Waals surface area contributed by atoms with Crippen molar-refractivity contribution in [2.45, 2.75) is 0 Å². The van der Waals surface area contributed by atoms with Crippen molar-refractivity contribution >= 4 is 39.6 Å². The second kappa shape index (κ2) is 3.77. The largest absolute Gasteiger partial charge is 0.200 e. The minimum atomic E-state index is 0.698. The third-order valence-corrected chi connectivity index (χ3v) is 3.67. The Morgan fingerprint density at radius 2 is 2.06 bits per heavy atom. The summed E-state index contributed by atoms with van der Waals surface area (Å²) in [5, 5.41) is 10.2. The van der Waals surface area contributed by atoms with Crippen LogP contribution in [0.1, 0.15) is 4.88 Å². The van der Waals surface area contributed by atoms with Crippen LogP contribution in [-0.4, -0.2) is 20.0 Å². The van der Waals surface area contributed by atoms with Gasteiger partial charge in [0.05, 0.1) is 10.4 Å². The molecule has 0 spiro atoms. The molecule has 0 fully saturated rings. The summed E-state index contributed by atoms with van der Waals surface area (Å²) in [4.78, 5) is 1.73. The Kier molecular flexibility index (Phi) is 2.27. The van der Waals surface area contributed by atoms with Gasteiger partial charge in [0.1, 0.15) is 10.5 Å². The summed E-state index contributed by atoms with van der Waals surface area (Å²) < 4.78 is 1.70. The average molecular weight is 245 g/mol. The molecule has 16 heavy (non-hydrogen) atoms. The van der Waals surface area contributed by atoms with Gasteiger partial charge < -0.3 is 0 Å². The third-order valence-electron chi connectivity index (χ3n) is 2.28. The number of para-hydroxylation sites is 1. The van der Waals surface area contributed by atoms with Crippen molar-refractivity contribution in [3.05, 3.63) is 46.7 Å². The molecule has 0 saturated heterocycles.